The van der Waals surface area contributed by atoms with Crippen LogP contribution in [0.5, 0.6) is 0 Å². The van der Waals surface area contributed by atoms with Crippen LogP contribution >= 0.6 is 0 Å². The van der Waals surface area contributed by atoms with Crippen LogP contribution in [0.3, 0.4) is 0 Å². The number of nitrogens with zero attached hydrogens (tertiary/aromatic N) is 1. The van der Waals surface area contributed by atoms with Gasteiger partial charge < -0.3 is 0 Å². The summed E-state index contributed by atoms with van der Waals surface area (Å²) in [4.78, 5) is 14.1. The van der Waals surface area contributed by atoms with Crippen molar-refractivity contribution in [2.75, 3.05) is 7.05 Å². The topological polar surface area (TPSA) is 58.4 Å². The first kappa shape index (κ1) is 14.7. The van der Waals surface area contributed by atoms with Gasteiger partial charge in [0.15, 0.2) is 0 Å². The number of hydrazine groups is 1. The van der Waals surface area contributed by atoms with Crippen molar-refractivity contribution >= 4 is 5.91 Å². The number of rotatable bonds is 6. The van der Waals surface area contributed by atoms with Crippen molar-refractivity contribution in [2.24, 2.45) is 5.84 Å². The van der Waals surface area contributed by atoms with Crippen LogP contribution in [0.25, 0.3) is 0 Å². The third-order valence-electron chi connectivity index (χ3n) is 3.43. The smallest absolute Gasteiger partial charge is 0.255 e. The number of benzene rings is 1. The van der Waals surface area contributed by atoms with Crippen molar-refractivity contribution in [1.82, 2.24) is 10.3 Å². The molecule has 18 heavy (non-hydrogen) atoms. The third kappa shape index (κ3) is 3.31. The highest BCUT2D eigenvalue weighted by Crippen LogP contribution is 2.23. The van der Waals surface area contributed by atoms with Crippen LogP contribution < -0.4 is 11.3 Å². The maximum absolute atomic E-state index is 12.0. The van der Waals surface area contributed by atoms with E-state index in [1.807, 2.05) is 37.4 Å². The van der Waals surface area contributed by atoms with Crippen LogP contribution in [-0.4, -0.2) is 23.9 Å². The summed E-state index contributed by atoms with van der Waals surface area (Å²) in [6, 6.07) is 9.77. The Bertz CT molecular complexity index is 363. The van der Waals surface area contributed by atoms with Crippen LogP contribution in [0.2, 0.25) is 0 Å². The van der Waals surface area contributed by atoms with Crippen LogP contribution in [0.15, 0.2) is 30.3 Å². The quantitative estimate of drug-likeness (QED) is 0.459. The maximum atomic E-state index is 12.0. The van der Waals surface area contributed by atoms with Crippen LogP contribution in [0.4, 0.5) is 0 Å². The maximum Gasteiger partial charge on any atom is 0.255 e. The second-order valence-corrected chi connectivity index (χ2v) is 4.46. The van der Waals surface area contributed by atoms with Crippen molar-refractivity contribution in [3.05, 3.63) is 35.9 Å². The molecule has 0 aromatic heterocycles. The van der Waals surface area contributed by atoms with Gasteiger partial charge in [-0.3, -0.25) is 15.1 Å². The van der Waals surface area contributed by atoms with Gasteiger partial charge in [0.1, 0.15) is 6.04 Å². The van der Waals surface area contributed by atoms with E-state index in [1.165, 1.54) is 0 Å². The van der Waals surface area contributed by atoms with Crippen molar-refractivity contribution in [3.63, 3.8) is 0 Å². The summed E-state index contributed by atoms with van der Waals surface area (Å²) in [5.41, 5.74) is 3.23. The molecule has 0 aliphatic rings. The van der Waals surface area contributed by atoms with Crippen molar-refractivity contribution < 1.29 is 4.79 Å². The molecule has 1 amide bonds. The summed E-state index contributed by atoms with van der Waals surface area (Å²) in [5, 5.41) is 0. The lowest BCUT2D eigenvalue weighted by Gasteiger charge is -2.33. The zero-order valence-corrected chi connectivity index (χ0v) is 11.4. The van der Waals surface area contributed by atoms with E-state index in [9.17, 15) is 4.79 Å². The van der Waals surface area contributed by atoms with E-state index in [1.54, 1.807) is 0 Å². The van der Waals surface area contributed by atoms with E-state index in [4.69, 9.17) is 5.84 Å². The number of amides is 1. The number of hydrogen-bond donors (Lipinski definition) is 2. The van der Waals surface area contributed by atoms with Gasteiger partial charge >= 0.3 is 0 Å². The van der Waals surface area contributed by atoms with Gasteiger partial charge in [0, 0.05) is 6.04 Å². The molecule has 0 aliphatic carbocycles. The average molecular weight is 249 g/mol. The van der Waals surface area contributed by atoms with E-state index >= 15 is 0 Å². The van der Waals surface area contributed by atoms with Crippen LogP contribution in [0, 0.1) is 0 Å². The van der Waals surface area contributed by atoms with Gasteiger partial charge in [-0.05, 0) is 25.5 Å². The zero-order chi connectivity index (χ0) is 13.5. The Morgan fingerprint density at radius 1 is 1.28 bits per heavy atom. The Morgan fingerprint density at radius 2 is 1.83 bits per heavy atom. The van der Waals surface area contributed by atoms with E-state index in [2.05, 4.69) is 24.2 Å². The third-order valence-corrected chi connectivity index (χ3v) is 3.43. The van der Waals surface area contributed by atoms with Gasteiger partial charge in [-0.1, -0.05) is 44.2 Å². The number of hydrogen-bond acceptors (Lipinski definition) is 3. The molecule has 4 nitrogen and oxygen atoms in total. The van der Waals surface area contributed by atoms with E-state index in [0.717, 1.165) is 18.4 Å². The minimum Gasteiger partial charge on any atom is -0.293 e. The summed E-state index contributed by atoms with van der Waals surface area (Å²) in [5.74, 6) is 5.13. The number of likely N-dealkylation sites (N-methyl/N-ethyl adjacent to an activating group) is 1. The molecule has 100 valence electrons. The fourth-order valence-electron chi connectivity index (χ4n) is 2.36. The molecule has 0 saturated heterocycles. The molecule has 0 saturated carbocycles. The molecule has 1 atom stereocenters. The molecular formula is C14H23N3O. The number of carbonyl (C=O) groups excluding carboxylic acids is 1. The minimum atomic E-state index is -0.332. The zero-order valence-electron chi connectivity index (χ0n) is 11.4. The van der Waals surface area contributed by atoms with Crippen LogP contribution in [0.1, 0.15) is 38.3 Å². The Hall–Kier alpha value is -1.39. The molecule has 1 rings (SSSR count). The highest BCUT2D eigenvalue weighted by atomic mass is 16.2. The van der Waals surface area contributed by atoms with E-state index in [0.29, 0.717) is 6.04 Å². The molecule has 0 fully saturated rings. The summed E-state index contributed by atoms with van der Waals surface area (Å²) in [6.45, 7) is 4.26. The Morgan fingerprint density at radius 3 is 2.28 bits per heavy atom. The van der Waals surface area contributed by atoms with E-state index < -0.39 is 0 Å². The highest BCUT2D eigenvalue weighted by molar-refractivity contribution is 5.82. The first-order valence-corrected chi connectivity index (χ1v) is 6.43. The van der Waals surface area contributed by atoms with Gasteiger partial charge in [-0.25, -0.2) is 5.84 Å². The fraction of sp³-hybridized carbons (Fsp3) is 0.500. The Kier molecular flexibility index (Phi) is 5.82. The Balaban J connectivity index is 3.02. The largest absolute Gasteiger partial charge is 0.293 e. The lowest BCUT2D eigenvalue weighted by atomic mass is 10.0. The second kappa shape index (κ2) is 7.13. The SMILES string of the molecule is CCC(CC)N(C)C(C(=O)NN)c1ccccc1. The van der Waals surface area contributed by atoms with Gasteiger partial charge in [0.2, 0.25) is 0 Å². The van der Waals surface area contributed by atoms with Gasteiger partial charge in [-0.15, -0.1) is 0 Å². The second-order valence-electron chi connectivity index (χ2n) is 4.46. The molecule has 0 heterocycles. The lowest BCUT2D eigenvalue weighted by Crippen LogP contribution is -2.45. The number of nitrogens with two attached hydrogens (primary N) is 1. The molecule has 1 aromatic rings. The molecule has 3 N–H and O–H groups in total. The molecule has 1 aromatic carbocycles. The number of nitrogens with one attached hydrogen (secondary N) is 1. The van der Waals surface area contributed by atoms with Gasteiger partial charge in [-0.2, -0.15) is 0 Å². The fourth-order valence-corrected chi connectivity index (χ4v) is 2.36. The van der Waals surface area contributed by atoms with Gasteiger partial charge in [0.05, 0.1) is 0 Å². The molecule has 4 heteroatoms. The molecule has 1 unspecified atom stereocenters. The first-order chi connectivity index (χ1) is 8.65. The lowest BCUT2D eigenvalue weighted by molar-refractivity contribution is -0.127. The van der Waals surface area contributed by atoms with Crippen molar-refractivity contribution in [3.8, 4) is 0 Å². The Labute approximate surface area is 109 Å². The predicted octanol–water partition coefficient (Wildman–Crippen LogP) is 1.84. The molecule has 0 aliphatic heterocycles. The van der Waals surface area contributed by atoms with E-state index in [-0.39, 0.29) is 11.9 Å². The monoisotopic (exact) mass is 249 g/mol. The molecular weight excluding hydrogens is 226 g/mol. The van der Waals surface area contributed by atoms with Crippen molar-refractivity contribution in [2.45, 2.75) is 38.8 Å². The summed E-state index contributed by atoms with van der Waals surface area (Å²) in [7, 11) is 1.98. The highest BCUT2D eigenvalue weighted by Gasteiger charge is 2.27. The predicted molar refractivity (Wildman–Crippen MR) is 73.6 cm³/mol. The van der Waals surface area contributed by atoms with Crippen LogP contribution in [-0.2, 0) is 4.79 Å². The number of carbonyl (C=O) groups is 1. The summed E-state index contributed by atoms with van der Waals surface area (Å²) in [6.07, 6.45) is 2.02. The standard InChI is InChI=1S/C14H23N3O/c1-4-12(5-2)17(3)13(14(18)16-15)11-9-7-6-8-10-11/h6-10,12-13H,4-5,15H2,1-3H3,(H,16,18). The molecule has 0 spiro atoms. The van der Waals surface area contributed by atoms with Gasteiger partial charge in [0.25, 0.3) is 5.91 Å². The average Bonchev–Trinajstić information content (AvgIpc) is 2.41. The molecule has 0 radical (unpaired) electrons. The normalized spacial score (nSPS) is 12.8. The molecule has 0 bridgehead atoms. The first-order valence-electron chi connectivity index (χ1n) is 6.43. The summed E-state index contributed by atoms with van der Waals surface area (Å²) < 4.78 is 0. The minimum absolute atomic E-state index is 0.171. The summed E-state index contributed by atoms with van der Waals surface area (Å²) >= 11 is 0. The van der Waals surface area contributed by atoms with Crippen molar-refractivity contribution in [1.29, 1.82) is 0 Å².